The van der Waals surface area contributed by atoms with Crippen LogP contribution < -0.4 is 16.0 Å². The van der Waals surface area contributed by atoms with Crippen LogP contribution in [0.25, 0.3) is 11.3 Å². The highest BCUT2D eigenvalue weighted by atomic mass is 16.6. The molecule has 5 atom stereocenters. The molecule has 0 bridgehead atoms. The van der Waals surface area contributed by atoms with E-state index in [-0.39, 0.29) is 29.8 Å². The number of ether oxygens (including phenoxy) is 2. The Labute approximate surface area is 398 Å². The molecule has 5 amide bonds. The van der Waals surface area contributed by atoms with Gasteiger partial charge in [0.25, 0.3) is 11.8 Å². The molecule has 3 heterocycles. The largest absolute Gasteiger partial charge is 0.444 e. The van der Waals surface area contributed by atoms with E-state index in [9.17, 15) is 24.0 Å². The van der Waals surface area contributed by atoms with Crippen molar-refractivity contribution in [3.05, 3.63) is 149 Å². The number of aromatic amines is 1. The number of carbonyl (C=O) groups excluding carboxylic acids is 5. The summed E-state index contributed by atoms with van der Waals surface area (Å²) in [5.74, 6) is 6.28. The molecule has 0 aliphatic carbocycles. The minimum Gasteiger partial charge on any atom is -0.444 e. The predicted octanol–water partition coefficient (Wildman–Crippen LogP) is 8.84. The van der Waals surface area contributed by atoms with E-state index in [0.29, 0.717) is 42.9 Å². The highest BCUT2D eigenvalue weighted by Gasteiger charge is 2.40. The minimum absolute atomic E-state index is 0.229. The van der Waals surface area contributed by atoms with Gasteiger partial charge in [-0.25, -0.2) is 14.6 Å². The van der Waals surface area contributed by atoms with Crippen molar-refractivity contribution in [1.82, 2.24) is 35.7 Å². The van der Waals surface area contributed by atoms with Crippen molar-refractivity contribution < 1.29 is 33.4 Å². The normalized spacial score (nSPS) is 17.2. The van der Waals surface area contributed by atoms with Gasteiger partial charge in [0, 0.05) is 24.2 Å². The second-order valence-electron chi connectivity index (χ2n) is 19.2. The quantitative estimate of drug-likeness (QED) is 0.0951. The Kier molecular flexibility index (Phi) is 15.0. The molecule has 2 aliphatic heterocycles. The monoisotopic (exact) mass is 919 g/mol. The van der Waals surface area contributed by atoms with Gasteiger partial charge in [0.2, 0.25) is 5.91 Å². The van der Waals surface area contributed by atoms with E-state index in [1.807, 2.05) is 91.9 Å². The summed E-state index contributed by atoms with van der Waals surface area (Å²) in [6.45, 7) is 13.4. The SMILES string of the molecule is CC(NC(=O)C1CCCN1C(=O)C(NC(=O)OC(C)(C)C)c1ccccc1)c1ccc(C#Cc2ccc(-c3cnc(C4CCCN4C(=O)C(NC(=O)OC(C)(C)C)c4ccccc4)[nH]3)cc2)cc1. The average Bonchev–Trinajstić information content (AvgIpc) is 4.11. The van der Waals surface area contributed by atoms with E-state index in [1.54, 1.807) is 81.8 Å². The molecule has 14 heteroatoms. The van der Waals surface area contributed by atoms with Gasteiger partial charge in [0.05, 0.1) is 24.0 Å². The van der Waals surface area contributed by atoms with Gasteiger partial charge in [0.15, 0.2) is 0 Å². The number of nitrogens with zero attached hydrogens (tertiary/aromatic N) is 3. The van der Waals surface area contributed by atoms with Crippen LogP contribution in [-0.2, 0) is 23.9 Å². The Morgan fingerprint density at radius 1 is 0.632 bits per heavy atom. The zero-order valence-corrected chi connectivity index (χ0v) is 39.8. The van der Waals surface area contributed by atoms with Gasteiger partial charge in [-0.05, 0) is 121 Å². The molecule has 0 saturated carbocycles. The van der Waals surface area contributed by atoms with Crippen LogP contribution in [0.5, 0.6) is 0 Å². The molecule has 354 valence electrons. The lowest BCUT2D eigenvalue weighted by Gasteiger charge is -2.30. The molecular weight excluding hydrogens is 859 g/mol. The van der Waals surface area contributed by atoms with Gasteiger partial charge in [-0.15, -0.1) is 0 Å². The number of benzene rings is 4. The van der Waals surface area contributed by atoms with Crippen molar-refractivity contribution in [3.8, 4) is 23.1 Å². The van der Waals surface area contributed by atoms with Crippen molar-refractivity contribution in [3.63, 3.8) is 0 Å². The number of H-pyrrole nitrogens is 1. The first-order valence-corrected chi connectivity index (χ1v) is 23.2. The molecule has 0 radical (unpaired) electrons. The van der Waals surface area contributed by atoms with Gasteiger partial charge in [0.1, 0.15) is 35.2 Å². The van der Waals surface area contributed by atoms with Crippen LogP contribution in [0.2, 0.25) is 0 Å². The molecule has 5 unspecified atom stereocenters. The van der Waals surface area contributed by atoms with Crippen molar-refractivity contribution in [2.24, 2.45) is 0 Å². The highest BCUT2D eigenvalue weighted by Crippen LogP contribution is 2.34. The third-order valence-corrected chi connectivity index (χ3v) is 11.7. The van der Waals surface area contributed by atoms with Gasteiger partial charge in [-0.1, -0.05) is 96.8 Å². The maximum absolute atomic E-state index is 14.1. The molecule has 1 aromatic heterocycles. The summed E-state index contributed by atoms with van der Waals surface area (Å²) in [6.07, 6.45) is 3.08. The van der Waals surface area contributed by atoms with Crippen LogP contribution in [0.3, 0.4) is 0 Å². The molecule has 5 aromatic rings. The molecule has 2 fully saturated rings. The maximum Gasteiger partial charge on any atom is 0.408 e. The fourth-order valence-corrected chi connectivity index (χ4v) is 8.44. The number of amides is 5. The fourth-order valence-electron chi connectivity index (χ4n) is 8.44. The van der Waals surface area contributed by atoms with E-state index >= 15 is 0 Å². The van der Waals surface area contributed by atoms with Crippen molar-refractivity contribution >= 4 is 29.9 Å². The van der Waals surface area contributed by atoms with Crippen LogP contribution >= 0.6 is 0 Å². The molecular formula is C54H61N7O7. The summed E-state index contributed by atoms with van der Waals surface area (Å²) in [5.41, 5.74) is 4.03. The molecule has 68 heavy (non-hydrogen) atoms. The number of hydrogen-bond donors (Lipinski definition) is 4. The standard InChI is InChI=1S/C54H61N7O7/c1-35(56-48(62)44-21-15-33-61(44)50(64)46(41-18-12-9-13-19-41)59-52(66)68-54(5,6)7)38-28-24-36(25-29-38)22-23-37-26-30-39(31-27-37)42-34-55-47(57-42)43-20-14-32-60(43)49(63)45(40-16-10-8-11-17-40)58-51(65)67-53(2,3)4/h8-13,16-19,24-31,34-35,43-46H,14-15,20-21,32-33H2,1-7H3,(H,55,57)(H,56,62)(H,58,65)(H,59,66). The van der Waals surface area contributed by atoms with E-state index in [2.05, 4.69) is 32.8 Å². The smallest absolute Gasteiger partial charge is 0.408 e. The van der Waals surface area contributed by atoms with E-state index in [0.717, 1.165) is 40.8 Å². The summed E-state index contributed by atoms with van der Waals surface area (Å²) in [7, 11) is 0. The number of aromatic nitrogens is 2. The van der Waals surface area contributed by atoms with Gasteiger partial charge < -0.3 is 40.2 Å². The Balaban J connectivity index is 0.951. The van der Waals surface area contributed by atoms with Gasteiger partial charge in [-0.3, -0.25) is 14.4 Å². The molecule has 14 nitrogen and oxygen atoms in total. The molecule has 4 aromatic carbocycles. The number of imidazole rings is 1. The molecule has 2 saturated heterocycles. The zero-order chi connectivity index (χ0) is 48.6. The van der Waals surface area contributed by atoms with Crippen LogP contribution in [0.15, 0.2) is 115 Å². The lowest BCUT2D eigenvalue weighted by Crippen LogP contribution is -2.50. The van der Waals surface area contributed by atoms with Crippen LogP contribution in [-0.4, -0.2) is 80.0 Å². The van der Waals surface area contributed by atoms with E-state index in [1.165, 1.54) is 0 Å². The Bertz CT molecular complexity index is 2630. The first-order valence-electron chi connectivity index (χ1n) is 23.2. The predicted molar refractivity (Wildman–Crippen MR) is 259 cm³/mol. The van der Waals surface area contributed by atoms with Crippen LogP contribution in [0.4, 0.5) is 9.59 Å². The van der Waals surface area contributed by atoms with Gasteiger partial charge in [-0.2, -0.15) is 0 Å². The Morgan fingerprint density at radius 2 is 1.12 bits per heavy atom. The number of likely N-dealkylation sites (tertiary alicyclic amines) is 2. The minimum atomic E-state index is -1.01. The Hall–Kier alpha value is -7.40. The third kappa shape index (κ3) is 12.5. The summed E-state index contributed by atoms with van der Waals surface area (Å²) in [5, 5.41) is 8.63. The molecule has 7 rings (SSSR count). The summed E-state index contributed by atoms with van der Waals surface area (Å²) in [6, 6.07) is 30.4. The first kappa shape index (κ1) is 48.5. The molecule has 4 N–H and O–H groups in total. The van der Waals surface area contributed by atoms with Crippen molar-refractivity contribution in [2.45, 2.75) is 116 Å². The second-order valence-corrected chi connectivity index (χ2v) is 19.2. The topological polar surface area (TPSA) is 175 Å². The van der Waals surface area contributed by atoms with Crippen molar-refractivity contribution in [2.75, 3.05) is 13.1 Å². The number of hydrogen-bond acceptors (Lipinski definition) is 8. The zero-order valence-electron chi connectivity index (χ0n) is 39.8. The number of carbonyl (C=O) groups is 5. The number of nitrogens with one attached hydrogen (secondary N) is 4. The van der Waals surface area contributed by atoms with Gasteiger partial charge >= 0.3 is 12.2 Å². The highest BCUT2D eigenvalue weighted by molar-refractivity contribution is 5.93. The van der Waals surface area contributed by atoms with E-state index < -0.39 is 41.5 Å². The molecule has 0 spiro atoms. The lowest BCUT2D eigenvalue weighted by molar-refractivity contribution is -0.140. The molecule has 2 aliphatic rings. The second kappa shape index (κ2) is 21.1. The first-order chi connectivity index (χ1) is 32.4. The average molecular weight is 920 g/mol. The fraction of sp³-hybridized carbons (Fsp3) is 0.370. The van der Waals surface area contributed by atoms with Crippen LogP contribution in [0.1, 0.15) is 132 Å². The lowest BCUT2D eigenvalue weighted by atomic mass is 10.0. The summed E-state index contributed by atoms with van der Waals surface area (Å²) in [4.78, 5) is 79.0. The summed E-state index contributed by atoms with van der Waals surface area (Å²) < 4.78 is 11.0. The number of rotatable bonds is 11. The maximum atomic E-state index is 14.1. The Morgan fingerprint density at radius 3 is 1.65 bits per heavy atom. The summed E-state index contributed by atoms with van der Waals surface area (Å²) >= 11 is 0. The van der Waals surface area contributed by atoms with Crippen molar-refractivity contribution in [1.29, 1.82) is 0 Å². The van der Waals surface area contributed by atoms with E-state index in [4.69, 9.17) is 14.5 Å². The van der Waals surface area contributed by atoms with Crippen LogP contribution in [0, 0.1) is 11.8 Å². The number of alkyl carbamates (subject to hydrolysis) is 2. The third-order valence-electron chi connectivity index (χ3n) is 11.7.